The van der Waals surface area contributed by atoms with Gasteiger partial charge in [0.2, 0.25) is 5.91 Å². The Morgan fingerprint density at radius 2 is 1.82 bits per heavy atom. The Morgan fingerprint density at radius 3 is 2.56 bits per heavy atom. The minimum Gasteiger partial charge on any atom is -0.343 e. The highest BCUT2D eigenvalue weighted by Gasteiger charge is 2.39. The van der Waals surface area contributed by atoms with Crippen molar-refractivity contribution in [2.24, 2.45) is 11.8 Å². The molecule has 5 rings (SSSR count). The second-order valence-corrected chi connectivity index (χ2v) is 11.8. The topological polar surface area (TPSA) is 89.3 Å². The summed E-state index contributed by atoms with van der Waals surface area (Å²) in [6.45, 7) is 3.62. The summed E-state index contributed by atoms with van der Waals surface area (Å²) in [6, 6.07) is 10.2. The summed E-state index contributed by atoms with van der Waals surface area (Å²) in [7, 11) is -3.59. The van der Waals surface area contributed by atoms with E-state index < -0.39 is 9.84 Å². The first-order valence-electron chi connectivity index (χ1n) is 11.5. The maximum Gasteiger partial charge on any atom is 0.223 e. The summed E-state index contributed by atoms with van der Waals surface area (Å²) in [5.74, 6) is -0.0572. The molecule has 2 aliphatic rings. The average molecular weight is 500 g/mol. The van der Waals surface area contributed by atoms with Crippen molar-refractivity contribution in [1.29, 1.82) is 0 Å². The lowest BCUT2D eigenvalue weighted by atomic mass is 9.82. The molecule has 1 saturated heterocycles. The van der Waals surface area contributed by atoms with Gasteiger partial charge in [-0.05, 0) is 60.7 Å². The highest BCUT2D eigenvalue weighted by molar-refractivity contribution is 7.91. The Labute approximate surface area is 203 Å². The van der Waals surface area contributed by atoms with Gasteiger partial charge in [0.1, 0.15) is 5.69 Å². The van der Waals surface area contributed by atoms with Crippen LogP contribution in [0.25, 0.3) is 10.8 Å². The number of carbonyl (C=O) groups excluding carboxylic acids is 2. The Balaban J connectivity index is 1.17. The average Bonchev–Trinajstić information content (AvgIpc) is 3.36. The quantitative estimate of drug-likeness (QED) is 0.531. The van der Waals surface area contributed by atoms with Gasteiger partial charge >= 0.3 is 0 Å². The van der Waals surface area contributed by atoms with Gasteiger partial charge in [-0.25, -0.2) is 13.4 Å². The lowest BCUT2D eigenvalue weighted by Crippen LogP contribution is -2.41. The fourth-order valence-electron chi connectivity index (χ4n) is 5.21. The number of imidazole rings is 1. The molecule has 178 valence electrons. The van der Waals surface area contributed by atoms with Crippen LogP contribution in [0.5, 0.6) is 0 Å². The third-order valence-corrected chi connectivity index (χ3v) is 9.11. The molecule has 1 unspecified atom stereocenters. The highest BCUT2D eigenvalue weighted by Crippen LogP contribution is 2.34. The van der Waals surface area contributed by atoms with Crippen molar-refractivity contribution < 1.29 is 18.0 Å². The Kier molecular flexibility index (Phi) is 5.98. The molecule has 3 aromatic rings. The van der Waals surface area contributed by atoms with Gasteiger partial charge in [0.25, 0.3) is 0 Å². The lowest BCUT2D eigenvalue weighted by Gasteiger charge is -2.34. The largest absolute Gasteiger partial charge is 0.343 e. The summed E-state index contributed by atoms with van der Waals surface area (Å²) in [5, 5.41) is 2.25. The molecular weight excluding hydrogens is 474 g/mol. The van der Waals surface area contributed by atoms with Crippen LogP contribution in [0.1, 0.15) is 35.4 Å². The van der Waals surface area contributed by atoms with Gasteiger partial charge in [0.05, 0.1) is 22.7 Å². The number of carbonyl (C=O) groups is 2. The molecule has 0 aliphatic carbocycles. The fraction of sp³-hybridized carbons (Fsp3) is 0.400. The van der Waals surface area contributed by atoms with E-state index in [0.717, 1.165) is 29.3 Å². The third-order valence-electron chi connectivity index (χ3n) is 7.16. The normalized spacial score (nSPS) is 19.1. The monoisotopic (exact) mass is 499 g/mol. The summed E-state index contributed by atoms with van der Waals surface area (Å²) < 4.78 is 27.7. The number of piperidine rings is 1. The molecule has 34 heavy (non-hydrogen) atoms. The lowest BCUT2D eigenvalue weighted by molar-refractivity contribution is -0.132. The van der Waals surface area contributed by atoms with Crippen LogP contribution < -0.4 is 0 Å². The maximum absolute atomic E-state index is 12.9. The second-order valence-electron chi connectivity index (χ2n) is 9.24. The number of amides is 1. The molecular formula is C25H26ClN3O4S. The van der Waals surface area contributed by atoms with E-state index in [-0.39, 0.29) is 40.6 Å². The van der Waals surface area contributed by atoms with Crippen LogP contribution in [0.3, 0.4) is 0 Å². The van der Waals surface area contributed by atoms with Gasteiger partial charge < -0.3 is 9.47 Å². The molecule has 0 saturated carbocycles. The van der Waals surface area contributed by atoms with E-state index in [4.69, 9.17) is 11.6 Å². The van der Waals surface area contributed by atoms with Crippen LogP contribution in [-0.2, 0) is 21.2 Å². The smallest absolute Gasteiger partial charge is 0.223 e. The van der Waals surface area contributed by atoms with E-state index in [2.05, 4.69) is 4.98 Å². The van der Waals surface area contributed by atoms with Gasteiger partial charge in [-0.15, -0.1) is 0 Å². The zero-order valence-corrected chi connectivity index (χ0v) is 20.5. The summed E-state index contributed by atoms with van der Waals surface area (Å²) >= 11 is 6.00. The van der Waals surface area contributed by atoms with E-state index in [1.54, 1.807) is 47.6 Å². The predicted molar refractivity (Wildman–Crippen MR) is 130 cm³/mol. The Hall–Kier alpha value is -2.71. The molecule has 3 heterocycles. The molecule has 7 nitrogen and oxygen atoms in total. The number of hydrogen-bond donors (Lipinski definition) is 0. The van der Waals surface area contributed by atoms with E-state index in [9.17, 15) is 18.0 Å². The number of sulfone groups is 1. The SMILES string of the molecule is Cc1ncn2c1C(=O)C(C1CCN(C(=O)CCS(=O)(=O)c3ccc4cc(Cl)ccc4c3)CC1)C2. The van der Waals surface area contributed by atoms with Crippen molar-refractivity contribution in [3.05, 3.63) is 59.1 Å². The number of nitrogens with zero attached hydrogens (tertiary/aromatic N) is 3. The van der Waals surface area contributed by atoms with Crippen LogP contribution in [0.4, 0.5) is 0 Å². The first kappa shape index (κ1) is 23.1. The number of fused-ring (bicyclic) bond motifs is 2. The number of ketones is 1. The zero-order valence-electron chi connectivity index (χ0n) is 18.9. The van der Waals surface area contributed by atoms with Crippen LogP contribution in [0.2, 0.25) is 5.02 Å². The number of aromatic nitrogens is 2. The van der Waals surface area contributed by atoms with E-state index in [1.807, 2.05) is 11.5 Å². The number of benzene rings is 2. The molecule has 1 amide bonds. The minimum atomic E-state index is -3.59. The molecule has 1 aromatic heterocycles. The fourth-order valence-corrected chi connectivity index (χ4v) is 6.65. The predicted octanol–water partition coefficient (Wildman–Crippen LogP) is 3.91. The van der Waals surface area contributed by atoms with Gasteiger partial charge in [-0.1, -0.05) is 23.7 Å². The molecule has 1 atom stereocenters. The zero-order chi connectivity index (χ0) is 24.0. The molecule has 9 heteroatoms. The summed E-state index contributed by atoms with van der Waals surface area (Å²) in [6.07, 6.45) is 3.18. The van der Waals surface area contributed by atoms with E-state index in [0.29, 0.717) is 30.4 Å². The molecule has 2 aromatic carbocycles. The molecule has 1 fully saturated rings. The second kappa shape index (κ2) is 8.82. The van der Waals surface area contributed by atoms with Crippen LogP contribution in [0, 0.1) is 18.8 Å². The minimum absolute atomic E-state index is 0.0513. The number of hydrogen-bond acceptors (Lipinski definition) is 5. The Morgan fingerprint density at radius 1 is 1.12 bits per heavy atom. The third kappa shape index (κ3) is 4.25. The number of halogens is 1. The van der Waals surface area contributed by atoms with Crippen molar-refractivity contribution in [3.8, 4) is 0 Å². The summed E-state index contributed by atoms with van der Waals surface area (Å²) in [5.41, 5.74) is 1.49. The van der Waals surface area contributed by atoms with Gasteiger partial charge in [0.15, 0.2) is 15.6 Å². The Bertz CT molecular complexity index is 1390. The van der Waals surface area contributed by atoms with E-state index >= 15 is 0 Å². The standard InChI is InChI=1S/C25H26ClN3O4S/c1-16-24-25(31)22(14-29(24)15-27-16)17-6-9-28(10-7-17)23(30)8-11-34(32,33)21-5-3-18-12-20(26)4-2-19(18)13-21/h2-5,12-13,15,17,22H,6-11,14H2,1H3. The number of likely N-dealkylation sites (tertiary alicyclic amines) is 1. The molecule has 2 aliphatic heterocycles. The van der Waals surface area contributed by atoms with Crippen LogP contribution in [0.15, 0.2) is 47.6 Å². The molecule has 0 N–H and O–H groups in total. The van der Waals surface area contributed by atoms with Crippen molar-refractivity contribution in [3.63, 3.8) is 0 Å². The molecule has 0 bridgehead atoms. The van der Waals surface area contributed by atoms with E-state index in [1.165, 1.54) is 0 Å². The van der Waals surface area contributed by atoms with Crippen LogP contribution >= 0.6 is 11.6 Å². The highest BCUT2D eigenvalue weighted by atomic mass is 35.5. The first-order chi connectivity index (χ1) is 16.2. The summed E-state index contributed by atoms with van der Waals surface area (Å²) in [4.78, 5) is 31.8. The van der Waals surface area contributed by atoms with Crippen molar-refractivity contribution in [2.75, 3.05) is 18.8 Å². The maximum atomic E-state index is 12.9. The van der Waals surface area contributed by atoms with Crippen molar-refractivity contribution in [1.82, 2.24) is 14.5 Å². The first-order valence-corrected chi connectivity index (χ1v) is 13.5. The van der Waals surface area contributed by atoms with Crippen molar-refractivity contribution >= 4 is 43.9 Å². The number of rotatable bonds is 5. The van der Waals surface area contributed by atoms with Crippen LogP contribution in [-0.4, -0.2) is 53.4 Å². The van der Waals surface area contributed by atoms with Gasteiger partial charge in [-0.2, -0.15) is 0 Å². The van der Waals surface area contributed by atoms with Gasteiger partial charge in [-0.3, -0.25) is 9.59 Å². The van der Waals surface area contributed by atoms with Gasteiger partial charge in [0, 0.05) is 37.0 Å². The molecule has 0 spiro atoms. The molecule has 0 radical (unpaired) electrons. The van der Waals surface area contributed by atoms with Crippen molar-refractivity contribution in [2.45, 2.75) is 37.6 Å². The number of Topliss-reactive ketones (excluding diaryl/α,β-unsaturated/α-hetero) is 1. The number of aryl methyl sites for hydroxylation is 1.